The summed E-state index contributed by atoms with van der Waals surface area (Å²) in [7, 11) is 1.67. The summed E-state index contributed by atoms with van der Waals surface area (Å²) >= 11 is 1.50. The Hall–Kier alpha value is -1.30. The van der Waals surface area contributed by atoms with E-state index < -0.39 is 5.50 Å². The van der Waals surface area contributed by atoms with Gasteiger partial charge in [0, 0.05) is 16.0 Å². The van der Waals surface area contributed by atoms with Gasteiger partial charge in [-0.2, -0.15) is 0 Å². The van der Waals surface area contributed by atoms with Crippen molar-refractivity contribution in [1.29, 1.82) is 0 Å². The minimum atomic E-state index is -0.443. The minimum absolute atomic E-state index is 0.443. The van der Waals surface area contributed by atoms with Gasteiger partial charge < -0.3 is 16.2 Å². The molecule has 0 fully saturated rings. The number of aryl methyl sites for hydroxylation is 1. The molecule has 0 atom stereocenters. The first-order valence-corrected chi connectivity index (χ1v) is 8.09. The smallest absolute Gasteiger partial charge is 0.119 e. The van der Waals surface area contributed by atoms with E-state index in [2.05, 4.69) is 13.8 Å². The molecule has 5 heteroatoms. The third-order valence-corrected chi connectivity index (χ3v) is 4.46. The Morgan fingerprint density at radius 2 is 2.10 bits per heavy atom. The molecule has 0 spiro atoms. The predicted molar refractivity (Wildman–Crippen MR) is 89.7 cm³/mol. The molecule has 1 heterocycles. The van der Waals surface area contributed by atoms with Gasteiger partial charge in [-0.05, 0) is 43.5 Å². The highest BCUT2D eigenvalue weighted by Gasteiger charge is 2.15. The van der Waals surface area contributed by atoms with Crippen molar-refractivity contribution in [3.05, 3.63) is 29.5 Å². The average Bonchev–Trinajstić information content (AvgIpc) is 2.46. The van der Waals surface area contributed by atoms with Crippen molar-refractivity contribution in [2.24, 2.45) is 11.5 Å². The van der Waals surface area contributed by atoms with Crippen molar-refractivity contribution in [3.63, 3.8) is 0 Å². The highest BCUT2D eigenvalue weighted by Crippen LogP contribution is 2.35. The van der Waals surface area contributed by atoms with Crippen LogP contribution in [0, 0.1) is 6.92 Å². The number of methoxy groups -OCH3 is 1. The van der Waals surface area contributed by atoms with Gasteiger partial charge in [-0.25, -0.2) is 0 Å². The molecule has 0 aliphatic carbocycles. The molecular weight excluding hydrogens is 282 g/mol. The summed E-state index contributed by atoms with van der Waals surface area (Å²) in [5.74, 6) is 0.821. The highest BCUT2D eigenvalue weighted by molar-refractivity contribution is 8.00. The molecule has 4 N–H and O–H groups in total. The van der Waals surface area contributed by atoms with Crippen LogP contribution >= 0.6 is 11.8 Å². The number of hydrogen-bond acceptors (Lipinski definition) is 5. The van der Waals surface area contributed by atoms with E-state index in [1.54, 1.807) is 7.11 Å². The van der Waals surface area contributed by atoms with Crippen LogP contribution in [0.2, 0.25) is 0 Å². The van der Waals surface area contributed by atoms with Crippen molar-refractivity contribution >= 4 is 22.7 Å². The number of aromatic nitrogens is 1. The third-order valence-electron chi connectivity index (χ3n) is 3.48. The molecule has 0 aliphatic heterocycles. The molecule has 114 valence electrons. The Balaban J connectivity index is 2.64. The molecule has 2 rings (SSSR count). The number of ether oxygens (including phenoxy) is 1. The number of thioether (sulfide) groups is 1. The Morgan fingerprint density at radius 3 is 2.71 bits per heavy atom. The molecule has 0 amide bonds. The lowest BCUT2D eigenvalue weighted by Crippen LogP contribution is -2.26. The standard InChI is InChI=1S/C16H23N3OS/c1-4-5-6-12-10(2)19-14-8-7-11(20-3)9-13(14)15(12)21-16(17)18/h7-9,16H,4-6,17-18H2,1-3H3. The molecule has 4 nitrogen and oxygen atoms in total. The fourth-order valence-corrected chi connectivity index (χ4v) is 3.37. The fraction of sp³-hybridized carbons (Fsp3) is 0.438. The molecule has 21 heavy (non-hydrogen) atoms. The zero-order chi connectivity index (χ0) is 15.4. The lowest BCUT2D eigenvalue weighted by atomic mass is 10.0. The maximum absolute atomic E-state index is 5.82. The number of nitrogens with two attached hydrogens (primary N) is 2. The molecule has 0 aliphatic rings. The maximum Gasteiger partial charge on any atom is 0.119 e. The first-order chi connectivity index (χ1) is 10.1. The SMILES string of the molecule is CCCCc1c(C)nc2ccc(OC)cc2c1SC(N)N. The van der Waals surface area contributed by atoms with E-state index in [9.17, 15) is 0 Å². The van der Waals surface area contributed by atoms with Crippen LogP contribution < -0.4 is 16.2 Å². The summed E-state index contributed by atoms with van der Waals surface area (Å²) in [5.41, 5.74) is 14.5. The highest BCUT2D eigenvalue weighted by atomic mass is 32.2. The summed E-state index contributed by atoms with van der Waals surface area (Å²) < 4.78 is 5.33. The van der Waals surface area contributed by atoms with Crippen LogP contribution in [0.25, 0.3) is 10.9 Å². The van der Waals surface area contributed by atoms with E-state index in [0.29, 0.717) is 0 Å². The number of fused-ring (bicyclic) bond motifs is 1. The van der Waals surface area contributed by atoms with Gasteiger partial charge in [0.15, 0.2) is 0 Å². The lowest BCUT2D eigenvalue weighted by Gasteiger charge is -2.17. The van der Waals surface area contributed by atoms with Crippen molar-refractivity contribution in [3.8, 4) is 5.75 Å². The zero-order valence-electron chi connectivity index (χ0n) is 12.8. The van der Waals surface area contributed by atoms with Crippen LogP contribution in [0.15, 0.2) is 23.1 Å². The van der Waals surface area contributed by atoms with Crippen molar-refractivity contribution < 1.29 is 4.74 Å². The summed E-state index contributed by atoms with van der Waals surface area (Å²) in [4.78, 5) is 5.86. The van der Waals surface area contributed by atoms with Crippen LogP contribution in [-0.2, 0) is 6.42 Å². The normalized spacial score (nSPS) is 11.3. The van der Waals surface area contributed by atoms with Crippen LogP contribution in [0.4, 0.5) is 0 Å². The topological polar surface area (TPSA) is 74.2 Å². The van der Waals surface area contributed by atoms with Gasteiger partial charge >= 0.3 is 0 Å². The molecule has 0 saturated carbocycles. The summed E-state index contributed by atoms with van der Waals surface area (Å²) in [5, 5.41) is 1.07. The maximum atomic E-state index is 5.82. The molecule has 0 bridgehead atoms. The average molecular weight is 305 g/mol. The van der Waals surface area contributed by atoms with Crippen LogP contribution in [0.1, 0.15) is 31.0 Å². The molecule has 1 aromatic heterocycles. The fourth-order valence-electron chi connectivity index (χ4n) is 2.42. The monoisotopic (exact) mass is 305 g/mol. The predicted octanol–water partition coefficient (Wildman–Crippen LogP) is 3.19. The van der Waals surface area contributed by atoms with Crippen molar-refractivity contribution in [2.45, 2.75) is 43.5 Å². The minimum Gasteiger partial charge on any atom is -0.497 e. The first-order valence-electron chi connectivity index (χ1n) is 7.21. The van der Waals surface area contributed by atoms with Crippen molar-refractivity contribution in [2.75, 3.05) is 7.11 Å². The Bertz CT molecular complexity index is 628. The number of benzene rings is 1. The molecule has 1 aromatic carbocycles. The second-order valence-electron chi connectivity index (χ2n) is 5.07. The second kappa shape index (κ2) is 7.11. The van der Waals surface area contributed by atoms with Gasteiger partial charge in [-0.15, -0.1) is 0 Å². The van der Waals surface area contributed by atoms with Gasteiger partial charge in [0.1, 0.15) is 11.2 Å². The number of unbranched alkanes of at least 4 members (excludes halogenated alkanes) is 1. The van der Waals surface area contributed by atoms with Crippen LogP contribution in [0.3, 0.4) is 0 Å². The van der Waals surface area contributed by atoms with Gasteiger partial charge in [0.05, 0.1) is 12.6 Å². The summed E-state index contributed by atoms with van der Waals surface area (Å²) in [6, 6.07) is 5.93. The second-order valence-corrected chi connectivity index (χ2v) is 6.26. The first kappa shape index (κ1) is 16.1. The van der Waals surface area contributed by atoms with E-state index in [1.165, 1.54) is 17.3 Å². The molecule has 0 saturated heterocycles. The summed E-state index contributed by atoms with van der Waals surface area (Å²) in [6.45, 7) is 4.25. The van der Waals surface area contributed by atoms with Crippen LogP contribution in [-0.4, -0.2) is 17.6 Å². The number of rotatable bonds is 6. The molecular formula is C16H23N3OS. The van der Waals surface area contributed by atoms with Gasteiger partial charge in [-0.1, -0.05) is 25.1 Å². The molecule has 0 radical (unpaired) electrons. The van der Waals surface area contributed by atoms with Crippen molar-refractivity contribution in [1.82, 2.24) is 4.98 Å². The van der Waals surface area contributed by atoms with E-state index >= 15 is 0 Å². The van der Waals surface area contributed by atoms with E-state index in [-0.39, 0.29) is 0 Å². The number of hydrogen-bond donors (Lipinski definition) is 2. The van der Waals surface area contributed by atoms with E-state index in [4.69, 9.17) is 21.2 Å². The lowest BCUT2D eigenvalue weighted by molar-refractivity contribution is 0.415. The van der Waals surface area contributed by atoms with Gasteiger partial charge in [0.2, 0.25) is 0 Å². The Kier molecular flexibility index (Phi) is 5.45. The summed E-state index contributed by atoms with van der Waals surface area (Å²) in [6.07, 6.45) is 3.28. The van der Waals surface area contributed by atoms with Gasteiger partial charge in [-0.3, -0.25) is 4.98 Å². The third kappa shape index (κ3) is 3.67. The largest absolute Gasteiger partial charge is 0.497 e. The number of pyridine rings is 1. The quantitative estimate of drug-likeness (QED) is 0.633. The van der Waals surface area contributed by atoms with E-state index in [0.717, 1.165) is 46.5 Å². The Morgan fingerprint density at radius 1 is 1.33 bits per heavy atom. The molecule has 0 unspecified atom stereocenters. The molecule has 2 aromatic rings. The number of nitrogens with zero attached hydrogens (tertiary/aromatic N) is 1. The van der Waals surface area contributed by atoms with Crippen LogP contribution in [0.5, 0.6) is 5.75 Å². The van der Waals surface area contributed by atoms with Gasteiger partial charge in [0.25, 0.3) is 0 Å². The van der Waals surface area contributed by atoms with E-state index in [1.807, 2.05) is 18.2 Å². The Labute approximate surface area is 130 Å². The zero-order valence-corrected chi connectivity index (χ0v) is 13.7.